The first-order valence-electron chi connectivity index (χ1n) is 5.06. The maximum atomic E-state index is 11.4. The Morgan fingerprint density at radius 1 is 1.69 bits per heavy atom. The van der Waals surface area contributed by atoms with Crippen molar-refractivity contribution < 1.29 is 28.0 Å². The highest BCUT2D eigenvalue weighted by Crippen LogP contribution is 2.52. The highest BCUT2D eigenvalue weighted by molar-refractivity contribution is 7.47. The zero-order valence-electron chi connectivity index (χ0n) is 9.16. The molecule has 0 saturated carbocycles. The third kappa shape index (κ3) is 1.86. The van der Waals surface area contributed by atoms with E-state index in [1.54, 1.807) is 0 Å². The average Bonchev–Trinajstić information content (AvgIpc) is 2.70. The molecular formula is C8H14BO6P. The maximum Gasteiger partial charge on any atom is 0.472 e. The zero-order valence-corrected chi connectivity index (χ0v) is 10.1. The van der Waals surface area contributed by atoms with Crippen LogP contribution in [0.2, 0.25) is 0 Å². The summed E-state index contributed by atoms with van der Waals surface area (Å²) in [5.41, 5.74) is -0.735. The van der Waals surface area contributed by atoms with E-state index in [2.05, 4.69) is 4.52 Å². The van der Waals surface area contributed by atoms with Crippen molar-refractivity contribution in [2.75, 3.05) is 13.7 Å². The maximum absolute atomic E-state index is 11.4. The lowest BCUT2D eigenvalue weighted by atomic mass is 9.91. The molecule has 0 aliphatic carbocycles. The summed E-state index contributed by atoms with van der Waals surface area (Å²) in [6, 6.07) is -0.629. The van der Waals surface area contributed by atoms with E-state index in [0.717, 1.165) is 7.11 Å². The Morgan fingerprint density at radius 3 is 2.88 bits per heavy atom. The van der Waals surface area contributed by atoms with Crippen LogP contribution in [-0.2, 0) is 23.1 Å². The Kier molecular flexibility index (Phi) is 3.20. The van der Waals surface area contributed by atoms with Crippen molar-refractivity contribution in [3.63, 3.8) is 0 Å². The lowest BCUT2D eigenvalue weighted by Gasteiger charge is -2.29. The van der Waals surface area contributed by atoms with E-state index in [4.69, 9.17) is 21.8 Å². The lowest BCUT2D eigenvalue weighted by Crippen LogP contribution is -2.41. The van der Waals surface area contributed by atoms with Crippen molar-refractivity contribution in [3.8, 4) is 0 Å². The van der Waals surface area contributed by atoms with E-state index in [1.807, 2.05) is 6.92 Å². The van der Waals surface area contributed by atoms with E-state index in [1.165, 1.54) is 0 Å². The minimum atomic E-state index is -4.06. The van der Waals surface area contributed by atoms with Gasteiger partial charge in [0.15, 0.2) is 0 Å². The smallest absolute Gasteiger partial charge is 0.374 e. The quantitative estimate of drug-likeness (QED) is 0.565. The minimum Gasteiger partial charge on any atom is -0.374 e. The Hall–Kier alpha value is 0.0949. The van der Waals surface area contributed by atoms with E-state index in [-0.39, 0.29) is 0 Å². The third-order valence-corrected chi connectivity index (χ3v) is 4.06. The largest absolute Gasteiger partial charge is 0.472 e. The van der Waals surface area contributed by atoms with E-state index >= 15 is 0 Å². The number of phosphoric acid groups is 1. The van der Waals surface area contributed by atoms with Crippen molar-refractivity contribution in [2.24, 2.45) is 0 Å². The third-order valence-electron chi connectivity index (χ3n) is 3.11. The van der Waals surface area contributed by atoms with Crippen LogP contribution in [0.3, 0.4) is 0 Å². The summed E-state index contributed by atoms with van der Waals surface area (Å²) in [5.74, 6) is 0. The molecule has 2 saturated heterocycles. The summed E-state index contributed by atoms with van der Waals surface area (Å²) in [4.78, 5) is 9.30. The summed E-state index contributed by atoms with van der Waals surface area (Å²) < 4.78 is 31.8. The molecule has 6 nitrogen and oxygen atoms in total. The second kappa shape index (κ2) is 4.08. The Bertz CT molecular complexity index is 326. The molecule has 2 heterocycles. The minimum absolute atomic E-state index is 0.316. The van der Waals surface area contributed by atoms with Crippen LogP contribution in [-0.4, -0.2) is 50.3 Å². The molecule has 90 valence electrons. The van der Waals surface area contributed by atoms with E-state index < -0.39 is 31.6 Å². The van der Waals surface area contributed by atoms with Gasteiger partial charge in [0, 0.05) is 13.1 Å². The first-order chi connectivity index (χ1) is 7.44. The number of hydrogen-bond donors (Lipinski definition) is 1. The molecule has 16 heavy (non-hydrogen) atoms. The molecule has 0 aromatic rings. The summed E-state index contributed by atoms with van der Waals surface area (Å²) in [6.45, 7) is 2.20. The molecule has 2 aliphatic rings. The van der Waals surface area contributed by atoms with Gasteiger partial charge in [0.1, 0.15) is 25.7 Å². The molecule has 1 N–H and O–H groups in total. The van der Waals surface area contributed by atoms with Gasteiger partial charge in [-0.05, 0) is 6.42 Å². The average molecular weight is 248 g/mol. The van der Waals surface area contributed by atoms with Crippen LogP contribution in [0.25, 0.3) is 0 Å². The van der Waals surface area contributed by atoms with Gasteiger partial charge in [0.05, 0.1) is 6.61 Å². The fraction of sp³-hybridized carbons (Fsp3) is 1.00. The molecule has 2 fully saturated rings. The van der Waals surface area contributed by atoms with Crippen LogP contribution in [0.5, 0.6) is 0 Å². The van der Waals surface area contributed by atoms with E-state index in [0.29, 0.717) is 13.0 Å². The molecule has 8 heteroatoms. The second-order valence-corrected chi connectivity index (χ2v) is 5.47. The molecule has 5 atom stereocenters. The molecule has 0 aromatic carbocycles. The van der Waals surface area contributed by atoms with Gasteiger partial charge in [0.2, 0.25) is 0 Å². The predicted molar refractivity (Wildman–Crippen MR) is 55.1 cm³/mol. The summed E-state index contributed by atoms with van der Waals surface area (Å²) >= 11 is 0. The molecular weight excluding hydrogens is 234 g/mol. The van der Waals surface area contributed by atoms with Gasteiger partial charge < -0.3 is 14.4 Å². The van der Waals surface area contributed by atoms with Gasteiger partial charge in [-0.1, -0.05) is 6.92 Å². The van der Waals surface area contributed by atoms with Crippen LogP contribution in [0, 0.1) is 0 Å². The van der Waals surface area contributed by atoms with Crippen LogP contribution < -0.4 is 0 Å². The first kappa shape index (κ1) is 12.5. The van der Waals surface area contributed by atoms with Gasteiger partial charge in [-0.15, -0.1) is 0 Å². The van der Waals surface area contributed by atoms with Gasteiger partial charge >= 0.3 is 7.82 Å². The summed E-state index contributed by atoms with van der Waals surface area (Å²) in [7, 11) is 2.75. The first-order valence-corrected chi connectivity index (χ1v) is 6.55. The van der Waals surface area contributed by atoms with Crippen molar-refractivity contribution in [2.45, 2.75) is 37.2 Å². The van der Waals surface area contributed by atoms with Crippen molar-refractivity contribution in [3.05, 3.63) is 0 Å². The number of ether oxygens (including phenoxy) is 2. The van der Waals surface area contributed by atoms with Gasteiger partial charge in [-0.3, -0.25) is 9.05 Å². The summed E-state index contributed by atoms with van der Waals surface area (Å²) in [5, 5.41) is 0. The number of fused-ring (bicyclic) bond motifs is 2. The topological polar surface area (TPSA) is 74.2 Å². The van der Waals surface area contributed by atoms with Crippen LogP contribution in [0.4, 0.5) is 0 Å². The molecule has 2 radical (unpaired) electrons. The Morgan fingerprint density at radius 2 is 2.38 bits per heavy atom. The van der Waals surface area contributed by atoms with Gasteiger partial charge in [-0.25, -0.2) is 4.57 Å². The normalized spacial score (nSPS) is 45.8. The number of hydrogen-bond acceptors (Lipinski definition) is 5. The zero-order chi connectivity index (χ0) is 12.0. The Labute approximate surface area is 95.2 Å². The molecule has 0 amide bonds. The fourth-order valence-electron chi connectivity index (χ4n) is 2.14. The molecule has 2 rings (SSSR count). The lowest BCUT2D eigenvalue weighted by molar-refractivity contribution is -0.118. The van der Waals surface area contributed by atoms with Crippen LogP contribution in [0.1, 0.15) is 13.3 Å². The SMILES string of the molecule is [B][C@@H]1O[C@@]2(CC)COC1C2OP(=O)(O)OC. The van der Waals surface area contributed by atoms with Gasteiger partial charge in [0.25, 0.3) is 0 Å². The molecule has 3 unspecified atom stereocenters. The predicted octanol–water partition coefficient (Wildman–Crippen LogP) is 0.191. The number of phosphoric ester groups is 1. The highest BCUT2D eigenvalue weighted by Gasteiger charge is 2.61. The second-order valence-electron chi connectivity index (χ2n) is 3.95. The molecule has 0 spiro atoms. The molecule has 0 aromatic heterocycles. The van der Waals surface area contributed by atoms with Crippen molar-refractivity contribution in [1.29, 1.82) is 0 Å². The van der Waals surface area contributed by atoms with Crippen molar-refractivity contribution in [1.82, 2.24) is 0 Å². The number of rotatable bonds is 4. The van der Waals surface area contributed by atoms with Gasteiger partial charge in [-0.2, -0.15) is 0 Å². The van der Waals surface area contributed by atoms with Crippen LogP contribution >= 0.6 is 7.82 Å². The molecule has 2 aliphatic heterocycles. The van der Waals surface area contributed by atoms with Crippen molar-refractivity contribution >= 4 is 15.7 Å². The molecule has 2 bridgehead atoms. The highest BCUT2D eigenvalue weighted by atomic mass is 31.2. The monoisotopic (exact) mass is 248 g/mol. The van der Waals surface area contributed by atoms with Crippen LogP contribution in [0.15, 0.2) is 0 Å². The standard InChI is InChI=1S/C8H14BO6P/c1-3-8-4-13-5(7(9)14-8)6(8)15-16(10,11)12-2/h5-7H,3-4H2,1-2H3,(H,10,11)/t5?,6?,7-,8+/m1/s1. The Balaban J connectivity index is 2.18. The van der Waals surface area contributed by atoms with E-state index in [9.17, 15) is 9.46 Å². The summed E-state index contributed by atoms with van der Waals surface area (Å²) in [6.07, 6.45) is -0.593. The fourth-order valence-corrected chi connectivity index (χ4v) is 2.83.